The molecule has 4 heteroatoms. The average molecular weight is 152 g/mol. The van der Waals surface area contributed by atoms with Gasteiger partial charge in [-0.15, -0.1) is 6.42 Å². The zero-order chi connectivity index (χ0) is 8.43. The van der Waals surface area contributed by atoms with Crippen LogP contribution in [-0.2, 0) is 4.79 Å². The van der Waals surface area contributed by atoms with Crippen molar-refractivity contribution in [1.82, 2.24) is 9.80 Å². The highest BCUT2D eigenvalue weighted by Crippen LogP contribution is 2.05. The lowest BCUT2D eigenvalue weighted by molar-refractivity contribution is -0.124. The number of amides is 3. The number of hydrogen-bond acceptors (Lipinski definition) is 2. The van der Waals surface area contributed by atoms with Gasteiger partial charge in [0.25, 0.3) is 0 Å². The highest BCUT2D eigenvalue weighted by molar-refractivity contribution is 6.01. The maximum atomic E-state index is 11.0. The topological polar surface area (TPSA) is 40.6 Å². The molecule has 3 amide bonds. The summed E-state index contributed by atoms with van der Waals surface area (Å²) in [5.41, 5.74) is 0. The molecule has 58 valence electrons. The van der Waals surface area contributed by atoms with Crippen LogP contribution in [0.15, 0.2) is 0 Å². The lowest BCUT2D eigenvalue weighted by Gasteiger charge is -2.09. The summed E-state index contributed by atoms with van der Waals surface area (Å²) in [6.45, 7) is 0.314. The van der Waals surface area contributed by atoms with Gasteiger partial charge in [-0.3, -0.25) is 9.69 Å². The SMILES string of the molecule is C#CCN1CC(=O)N(C)C1=O. The molecule has 0 N–H and O–H groups in total. The molecule has 1 fully saturated rings. The van der Waals surface area contributed by atoms with Crippen molar-refractivity contribution in [3.63, 3.8) is 0 Å². The molecule has 0 aromatic rings. The third-order valence-electron chi connectivity index (χ3n) is 1.54. The van der Waals surface area contributed by atoms with Crippen LogP contribution in [0, 0.1) is 12.3 Å². The van der Waals surface area contributed by atoms with E-state index in [4.69, 9.17) is 6.42 Å². The quantitative estimate of drug-likeness (QED) is 0.376. The first kappa shape index (κ1) is 7.61. The van der Waals surface area contributed by atoms with E-state index in [0.29, 0.717) is 0 Å². The normalized spacial score (nSPS) is 17.5. The molecule has 0 aliphatic carbocycles. The molecular formula is C7H8N2O2. The predicted octanol–water partition coefficient (Wildman–Crippen LogP) is -0.486. The van der Waals surface area contributed by atoms with Crippen molar-refractivity contribution in [3.05, 3.63) is 0 Å². The summed E-state index contributed by atoms with van der Waals surface area (Å²) in [5.74, 6) is 2.10. The minimum Gasteiger partial charge on any atom is -0.304 e. The van der Waals surface area contributed by atoms with E-state index in [1.807, 2.05) is 0 Å². The fraction of sp³-hybridized carbons (Fsp3) is 0.429. The van der Waals surface area contributed by atoms with Gasteiger partial charge in [-0.05, 0) is 0 Å². The summed E-state index contributed by atoms with van der Waals surface area (Å²) in [6.07, 6.45) is 4.99. The van der Waals surface area contributed by atoms with E-state index >= 15 is 0 Å². The fourth-order valence-corrected chi connectivity index (χ4v) is 0.890. The molecule has 0 aromatic heterocycles. The minimum atomic E-state index is -0.312. The Morgan fingerprint density at radius 3 is 2.64 bits per heavy atom. The van der Waals surface area contributed by atoms with Gasteiger partial charge in [-0.1, -0.05) is 5.92 Å². The lowest BCUT2D eigenvalue weighted by Crippen LogP contribution is -2.30. The number of rotatable bonds is 1. The second-order valence-electron chi connectivity index (χ2n) is 2.30. The highest BCUT2D eigenvalue weighted by Gasteiger charge is 2.31. The van der Waals surface area contributed by atoms with Gasteiger partial charge in [0.05, 0.1) is 6.54 Å². The molecule has 1 heterocycles. The van der Waals surface area contributed by atoms with Crippen molar-refractivity contribution in [2.45, 2.75) is 0 Å². The van der Waals surface area contributed by atoms with Gasteiger partial charge in [-0.25, -0.2) is 4.79 Å². The molecular weight excluding hydrogens is 144 g/mol. The zero-order valence-corrected chi connectivity index (χ0v) is 6.20. The number of nitrogens with zero attached hydrogens (tertiary/aromatic N) is 2. The molecule has 0 atom stereocenters. The average Bonchev–Trinajstić information content (AvgIpc) is 2.19. The molecule has 1 aliphatic rings. The Kier molecular flexibility index (Phi) is 1.81. The van der Waals surface area contributed by atoms with Crippen LogP contribution in [0.1, 0.15) is 0 Å². The van der Waals surface area contributed by atoms with Crippen LogP contribution in [0.4, 0.5) is 4.79 Å². The van der Waals surface area contributed by atoms with E-state index in [9.17, 15) is 9.59 Å². The second kappa shape index (κ2) is 2.62. The molecule has 4 nitrogen and oxygen atoms in total. The monoisotopic (exact) mass is 152 g/mol. The van der Waals surface area contributed by atoms with E-state index in [0.717, 1.165) is 4.90 Å². The van der Waals surface area contributed by atoms with Crippen molar-refractivity contribution in [1.29, 1.82) is 0 Å². The van der Waals surface area contributed by atoms with Gasteiger partial charge >= 0.3 is 6.03 Å². The van der Waals surface area contributed by atoms with Crippen molar-refractivity contribution in [2.24, 2.45) is 0 Å². The number of hydrogen-bond donors (Lipinski definition) is 0. The summed E-state index contributed by atoms with van der Waals surface area (Å²) in [5, 5.41) is 0. The Balaban J connectivity index is 2.69. The molecule has 0 bridgehead atoms. The maximum Gasteiger partial charge on any atom is 0.327 e. The number of likely N-dealkylation sites (N-methyl/N-ethyl adjacent to an activating group) is 1. The number of terminal acetylenes is 1. The van der Waals surface area contributed by atoms with E-state index in [1.165, 1.54) is 11.9 Å². The van der Waals surface area contributed by atoms with Crippen molar-refractivity contribution >= 4 is 11.9 Å². The van der Waals surface area contributed by atoms with Crippen molar-refractivity contribution in [3.8, 4) is 12.3 Å². The number of carbonyl (C=O) groups excluding carboxylic acids is 2. The molecule has 1 rings (SSSR count). The largest absolute Gasteiger partial charge is 0.327 e. The van der Waals surface area contributed by atoms with Gasteiger partial charge in [-0.2, -0.15) is 0 Å². The summed E-state index contributed by atoms with van der Waals surface area (Å²) >= 11 is 0. The smallest absolute Gasteiger partial charge is 0.304 e. The van der Waals surface area contributed by atoms with E-state index in [-0.39, 0.29) is 25.0 Å². The number of carbonyl (C=O) groups is 2. The van der Waals surface area contributed by atoms with Crippen molar-refractivity contribution in [2.75, 3.05) is 20.1 Å². The molecule has 0 saturated carbocycles. The standard InChI is InChI=1S/C7H8N2O2/c1-3-4-9-5-6(10)8(2)7(9)11/h1H,4-5H2,2H3. The van der Waals surface area contributed by atoms with Gasteiger partial charge < -0.3 is 4.90 Å². The molecule has 11 heavy (non-hydrogen) atoms. The summed E-state index contributed by atoms with van der Waals surface area (Å²) in [4.78, 5) is 24.3. The van der Waals surface area contributed by atoms with Gasteiger partial charge in [0, 0.05) is 7.05 Å². The van der Waals surface area contributed by atoms with Crippen LogP contribution in [0.25, 0.3) is 0 Å². The second-order valence-corrected chi connectivity index (χ2v) is 2.30. The molecule has 1 aliphatic heterocycles. The van der Waals surface area contributed by atoms with Crippen LogP contribution in [-0.4, -0.2) is 41.9 Å². The molecule has 0 unspecified atom stereocenters. The van der Waals surface area contributed by atoms with Crippen LogP contribution in [0.3, 0.4) is 0 Å². The Morgan fingerprint density at radius 2 is 2.27 bits per heavy atom. The highest BCUT2D eigenvalue weighted by atomic mass is 16.2. The van der Waals surface area contributed by atoms with Gasteiger partial charge in [0.15, 0.2) is 0 Å². The van der Waals surface area contributed by atoms with Gasteiger partial charge in [0.2, 0.25) is 5.91 Å². The van der Waals surface area contributed by atoms with Crippen LogP contribution in [0.5, 0.6) is 0 Å². The Morgan fingerprint density at radius 1 is 1.64 bits per heavy atom. The van der Waals surface area contributed by atoms with E-state index < -0.39 is 0 Å². The number of imide groups is 1. The molecule has 0 spiro atoms. The number of urea groups is 1. The zero-order valence-electron chi connectivity index (χ0n) is 6.20. The predicted molar refractivity (Wildman–Crippen MR) is 38.6 cm³/mol. The lowest BCUT2D eigenvalue weighted by atomic mass is 10.5. The van der Waals surface area contributed by atoms with Crippen LogP contribution < -0.4 is 0 Å². The first-order chi connectivity index (χ1) is 5.16. The fourth-order valence-electron chi connectivity index (χ4n) is 0.890. The van der Waals surface area contributed by atoms with Crippen LogP contribution >= 0.6 is 0 Å². The molecule has 0 aromatic carbocycles. The molecule has 1 saturated heterocycles. The van der Waals surface area contributed by atoms with E-state index in [1.54, 1.807) is 0 Å². The summed E-state index contributed by atoms with van der Waals surface area (Å²) in [7, 11) is 1.45. The maximum absolute atomic E-state index is 11.0. The van der Waals surface area contributed by atoms with E-state index in [2.05, 4.69) is 5.92 Å². The third-order valence-corrected chi connectivity index (χ3v) is 1.54. The molecule has 0 radical (unpaired) electrons. The van der Waals surface area contributed by atoms with Crippen LogP contribution in [0.2, 0.25) is 0 Å². The third kappa shape index (κ3) is 1.17. The first-order valence-electron chi connectivity index (χ1n) is 3.15. The first-order valence-corrected chi connectivity index (χ1v) is 3.15. The Labute approximate surface area is 64.8 Å². The minimum absolute atomic E-state index is 0.111. The summed E-state index contributed by atoms with van der Waals surface area (Å²) < 4.78 is 0. The van der Waals surface area contributed by atoms with Crippen molar-refractivity contribution < 1.29 is 9.59 Å². The Hall–Kier alpha value is -1.50. The summed E-state index contributed by atoms with van der Waals surface area (Å²) in [6, 6.07) is -0.312. The van der Waals surface area contributed by atoms with Gasteiger partial charge in [0.1, 0.15) is 6.54 Å². The Bertz CT molecular complexity index is 241.